The predicted octanol–water partition coefficient (Wildman–Crippen LogP) is 4.22. The third kappa shape index (κ3) is 3.57. The van der Waals surface area contributed by atoms with E-state index in [2.05, 4.69) is 4.99 Å². The van der Waals surface area contributed by atoms with Crippen LogP contribution < -0.4 is 4.80 Å². The molecule has 1 heterocycles. The fourth-order valence-electron chi connectivity index (χ4n) is 2.59. The zero-order chi connectivity index (χ0) is 18.7. The number of amides is 1. The molecule has 0 spiro atoms. The lowest BCUT2D eigenvalue weighted by Crippen LogP contribution is -2.27. The SMILES string of the molecule is CCOC(=O)C(C)n1c(=NC(=O)c2ccccc2Cl)sc2ccccc21. The normalized spacial score (nSPS) is 13.0. The van der Waals surface area contributed by atoms with Crippen LogP contribution in [0, 0.1) is 0 Å². The lowest BCUT2D eigenvalue weighted by Gasteiger charge is -2.13. The highest BCUT2D eigenvalue weighted by atomic mass is 35.5. The summed E-state index contributed by atoms with van der Waals surface area (Å²) < 4.78 is 7.79. The Bertz CT molecular complexity index is 1040. The molecule has 1 amide bonds. The van der Waals surface area contributed by atoms with E-state index < -0.39 is 11.9 Å². The number of carbonyl (C=O) groups excluding carboxylic acids is 2. The predicted molar refractivity (Wildman–Crippen MR) is 103 cm³/mol. The Morgan fingerprint density at radius 1 is 1.19 bits per heavy atom. The van der Waals surface area contributed by atoms with Crippen molar-refractivity contribution < 1.29 is 14.3 Å². The van der Waals surface area contributed by atoms with E-state index in [1.807, 2.05) is 24.3 Å². The number of halogens is 1. The second-order valence-electron chi connectivity index (χ2n) is 5.55. The summed E-state index contributed by atoms with van der Waals surface area (Å²) in [5, 5.41) is 0.340. The van der Waals surface area contributed by atoms with Crippen LogP contribution in [0.25, 0.3) is 10.2 Å². The van der Waals surface area contributed by atoms with Gasteiger partial charge in [-0.15, -0.1) is 0 Å². The summed E-state index contributed by atoms with van der Waals surface area (Å²) in [6.07, 6.45) is 0. The van der Waals surface area contributed by atoms with Crippen molar-refractivity contribution in [3.8, 4) is 0 Å². The number of esters is 1. The summed E-state index contributed by atoms with van der Waals surface area (Å²) in [4.78, 5) is 29.5. The molecule has 0 saturated carbocycles. The van der Waals surface area contributed by atoms with Gasteiger partial charge in [-0.25, -0.2) is 4.79 Å². The first-order valence-electron chi connectivity index (χ1n) is 8.13. The van der Waals surface area contributed by atoms with Gasteiger partial charge in [-0.05, 0) is 38.1 Å². The lowest BCUT2D eigenvalue weighted by molar-refractivity contribution is -0.146. The minimum absolute atomic E-state index is 0.289. The van der Waals surface area contributed by atoms with Gasteiger partial charge in [0.15, 0.2) is 4.80 Å². The maximum absolute atomic E-state index is 12.6. The van der Waals surface area contributed by atoms with Gasteiger partial charge in [-0.1, -0.05) is 47.2 Å². The fourth-order valence-corrected chi connectivity index (χ4v) is 3.91. The molecule has 26 heavy (non-hydrogen) atoms. The van der Waals surface area contributed by atoms with Crippen LogP contribution in [-0.2, 0) is 9.53 Å². The molecule has 3 aromatic rings. The first-order chi connectivity index (χ1) is 12.5. The Balaban J connectivity index is 2.16. The number of benzene rings is 2. The minimum atomic E-state index is -0.608. The monoisotopic (exact) mass is 388 g/mol. The van der Waals surface area contributed by atoms with Crippen LogP contribution in [0.5, 0.6) is 0 Å². The Hall–Kier alpha value is -2.44. The van der Waals surface area contributed by atoms with E-state index in [1.165, 1.54) is 11.3 Å². The van der Waals surface area contributed by atoms with E-state index in [0.717, 1.165) is 10.2 Å². The number of rotatable bonds is 4. The number of hydrogen-bond acceptors (Lipinski definition) is 4. The van der Waals surface area contributed by atoms with Crippen molar-refractivity contribution in [3.05, 3.63) is 63.9 Å². The standard InChI is InChI=1S/C19H17ClN2O3S/c1-3-25-18(24)12(2)22-15-10-6-7-11-16(15)26-19(22)21-17(23)13-8-4-5-9-14(13)20/h4-12H,3H2,1-2H3. The molecule has 2 aromatic carbocycles. The molecule has 1 aromatic heterocycles. The van der Waals surface area contributed by atoms with Gasteiger partial charge in [0.2, 0.25) is 0 Å². The van der Waals surface area contributed by atoms with Crippen LogP contribution in [0.15, 0.2) is 53.5 Å². The van der Waals surface area contributed by atoms with Gasteiger partial charge in [0.25, 0.3) is 5.91 Å². The van der Waals surface area contributed by atoms with Crippen LogP contribution in [0.2, 0.25) is 5.02 Å². The number of nitrogens with zero attached hydrogens (tertiary/aromatic N) is 2. The number of para-hydroxylation sites is 1. The first-order valence-corrected chi connectivity index (χ1v) is 9.32. The largest absolute Gasteiger partial charge is 0.464 e. The zero-order valence-electron chi connectivity index (χ0n) is 14.3. The van der Waals surface area contributed by atoms with Crippen molar-refractivity contribution in [2.24, 2.45) is 4.99 Å². The molecule has 0 fully saturated rings. The molecular weight excluding hydrogens is 372 g/mol. The summed E-state index contributed by atoms with van der Waals surface area (Å²) >= 11 is 7.44. The summed E-state index contributed by atoms with van der Waals surface area (Å²) in [5.41, 5.74) is 1.14. The van der Waals surface area contributed by atoms with Crippen LogP contribution >= 0.6 is 22.9 Å². The highest BCUT2D eigenvalue weighted by molar-refractivity contribution is 7.16. The summed E-state index contributed by atoms with van der Waals surface area (Å²) in [6.45, 7) is 3.78. The molecule has 0 bridgehead atoms. The van der Waals surface area contributed by atoms with E-state index in [-0.39, 0.29) is 12.6 Å². The molecule has 1 unspecified atom stereocenters. The number of carbonyl (C=O) groups is 2. The van der Waals surface area contributed by atoms with Crippen molar-refractivity contribution in [1.82, 2.24) is 4.57 Å². The fraction of sp³-hybridized carbons (Fsp3) is 0.211. The van der Waals surface area contributed by atoms with Gasteiger partial charge >= 0.3 is 5.97 Å². The lowest BCUT2D eigenvalue weighted by atomic mass is 10.2. The molecule has 0 N–H and O–H groups in total. The van der Waals surface area contributed by atoms with Crippen LogP contribution in [0.1, 0.15) is 30.2 Å². The zero-order valence-corrected chi connectivity index (χ0v) is 15.9. The van der Waals surface area contributed by atoms with Gasteiger partial charge in [0.1, 0.15) is 6.04 Å². The molecule has 134 valence electrons. The highest BCUT2D eigenvalue weighted by Crippen LogP contribution is 2.22. The molecule has 0 aliphatic carbocycles. The Morgan fingerprint density at radius 2 is 1.88 bits per heavy atom. The third-order valence-corrected chi connectivity index (χ3v) is 5.21. The van der Waals surface area contributed by atoms with Gasteiger partial charge in [0.05, 0.1) is 27.4 Å². The maximum atomic E-state index is 12.6. The van der Waals surface area contributed by atoms with Crippen LogP contribution in [0.3, 0.4) is 0 Å². The van der Waals surface area contributed by atoms with Gasteiger partial charge in [-0.3, -0.25) is 4.79 Å². The molecule has 0 saturated heterocycles. The maximum Gasteiger partial charge on any atom is 0.328 e. The van der Waals surface area contributed by atoms with Crippen molar-refractivity contribution in [2.45, 2.75) is 19.9 Å². The van der Waals surface area contributed by atoms with Crippen LogP contribution in [-0.4, -0.2) is 23.1 Å². The number of ether oxygens (including phenoxy) is 1. The van der Waals surface area contributed by atoms with Crippen molar-refractivity contribution in [3.63, 3.8) is 0 Å². The van der Waals surface area contributed by atoms with Crippen molar-refractivity contribution >= 4 is 45.0 Å². The van der Waals surface area contributed by atoms with Gasteiger partial charge < -0.3 is 9.30 Å². The van der Waals surface area contributed by atoms with Gasteiger partial charge in [0, 0.05) is 0 Å². The Labute approximate surface area is 159 Å². The smallest absolute Gasteiger partial charge is 0.328 e. The molecule has 3 rings (SSSR count). The second kappa shape index (κ2) is 7.85. The van der Waals surface area contributed by atoms with Gasteiger partial charge in [-0.2, -0.15) is 4.99 Å². The molecular formula is C19H17ClN2O3S. The Kier molecular flexibility index (Phi) is 5.54. The van der Waals surface area contributed by atoms with E-state index in [0.29, 0.717) is 15.4 Å². The molecule has 0 aliphatic rings. The number of fused-ring (bicyclic) bond motifs is 1. The van der Waals surface area contributed by atoms with E-state index >= 15 is 0 Å². The molecule has 1 atom stereocenters. The average Bonchev–Trinajstić information content (AvgIpc) is 2.99. The summed E-state index contributed by atoms with van der Waals surface area (Å²) in [6, 6.07) is 13.7. The third-order valence-electron chi connectivity index (χ3n) is 3.85. The molecule has 0 aliphatic heterocycles. The number of hydrogen-bond donors (Lipinski definition) is 0. The van der Waals surface area contributed by atoms with E-state index in [9.17, 15) is 9.59 Å². The molecule has 0 radical (unpaired) electrons. The Morgan fingerprint density at radius 3 is 2.62 bits per heavy atom. The second-order valence-corrected chi connectivity index (χ2v) is 6.96. The quantitative estimate of drug-likeness (QED) is 0.628. The minimum Gasteiger partial charge on any atom is -0.464 e. The van der Waals surface area contributed by atoms with E-state index in [1.54, 1.807) is 42.7 Å². The molecule has 5 nitrogen and oxygen atoms in total. The first kappa shape index (κ1) is 18.4. The van der Waals surface area contributed by atoms with Crippen molar-refractivity contribution in [2.75, 3.05) is 6.61 Å². The summed E-state index contributed by atoms with van der Waals surface area (Å²) in [5.74, 6) is -0.824. The highest BCUT2D eigenvalue weighted by Gasteiger charge is 2.21. The molecule has 7 heteroatoms. The average molecular weight is 389 g/mol. The topological polar surface area (TPSA) is 60.7 Å². The number of aromatic nitrogens is 1. The van der Waals surface area contributed by atoms with Crippen LogP contribution in [0.4, 0.5) is 0 Å². The van der Waals surface area contributed by atoms with Crippen molar-refractivity contribution in [1.29, 1.82) is 0 Å². The summed E-state index contributed by atoms with van der Waals surface area (Å²) in [7, 11) is 0. The van der Waals surface area contributed by atoms with E-state index in [4.69, 9.17) is 16.3 Å². The number of thiazole rings is 1.